The lowest BCUT2D eigenvalue weighted by atomic mass is 10.0. The Labute approximate surface area is 101 Å². The van der Waals surface area contributed by atoms with Crippen LogP contribution in [-0.4, -0.2) is 24.0 Å². The molecule has 0 aliphatic heterocycles. The van der Waals surface area contributed by atoms with Crippen molar-refractivity contribution in [2.45, 2.75) is 26.3 Å². The minimum absolute atomic E-state index is 0.218. The zero-order valence-corrected chi connectivity index (χ0v) is 10.4. The molecule has 0 aliphatic rings. The number of amides is 1. The average molecular weight is 237 g/mol. The van der Waals surface area contributed by atoms with Crippen molar-refractivity contribution < 1.29 is 9.53 Å². The molecule has 0 fully saturated rings. The summed E-state index contributed by atoms with van der Waals surface area (Å²) < 4.78 is 5.04. The van der Waals surface area contributed by atoms with Crippen LogP contribution in [0, 0.1) is 5.92 Å². The molecule has 1 rings (SSSR count). The van der Waals surface area contributed by atoms with Crippen molar-refractivity contribution in [3.8, 4) is 5.88 Å². The number of nitrogens with zero attached hydrogens (tertiary/aromatic N) is 1. The predicted molar refractivity (Wildman–Crippen MR) is 66.8 cm³/mol. The zero-order chi connectivity index (χ0) is 12.8. The number of hydrogen-bond donors (Lipinski definition) is 2. The number of ether oxygens (including phenoxy) is 1. The third kappa shape index (κ3) is 4.03. The van der Waals surface area contributed by atoms with E-state index in [4.69, 9.17) is 10.5 Å². The lowest BCUT2D eigenvalue weighted by Gasteiger charge is -2.15. The van der Waals surface area contributed by atoms with Gasteiger partial charge in [-0.3, -0.25) is 4.79 Å². The van der Waals surface area contributed by atoms with Gasteiger partial charge in [-0.2, -0.15) is 0 Å². The fraction of sp³-hybridized carbons (Fsp3) is 0.500. The summed E-state index contributed by atoms with van der Waals surface area (Å²) in [6, 6.07) is 2.94. The number of nitrogens with two attached hydrogens (primary N) is 1. The number of carbonyl (C=O) groups excluding carboxylic acids is 1. The maximum Gasteiger partial charge on any atom is 0.241 e. The second-order valence-corrected chi connectivity index (χ2v) is 4.29. The first-order valence-corrected chi connectivity index (χ1v) is 5.60. The number of methoxy groups -OCH3 is 1. The van der Waals surface area contributed by atoms with E-state index in [9.17, 15) is 4.79 Å². The molecule has 1 aromatic heterocycles. The molecular weight excluding hydrogens is 218 g/mol. The van der Waals surface area contributed by atoms with Crippen molar-refractivity contribution >= 4 is 11.6 Å². The standard InChI is InChI=1S/C12H19N3O2/c1-8(2)7-9(13)11(16)15-10-5-4-6-14-12(10)17-3/h4-6,8-9H,7,13H2,1-3H3,(H,15,16)/t9-/m1/s1. The van der Waals surface area contributed by atoms with Crippen molar-refractivity contribution in [3.63, 3.8) is 0 Å². The van der Waals surface area contributed by atoms with E-state index in [1.165, 1.54) is 7.11 Å². The smallest absolute Gasteiger partial charge is 0.241 e. The average Bonchev–Trinajstić information content (AvgIpc) is 2.28. The highest BCUT2D eigenvalue weighted by molar-refractivity contribution is 5.95. The number of anilines is 1. The number of rotatable bonds is 5. The first-order chi connectivity index (χ1) is 8.04. The maximum absolute atomic E-state index is 11.8. The van der Waals surface area contributed by atoms with Gasteiger partial charge in [-0.1, -0.05) is 13.8 Å². The fourth-order valence-electron chi connectivity index (χ4n) is 1.49. The highest BCUT2D eigenvalue weighted by atomic mass is 16.5. The molecule has 0 spiro atoms. The highest BCUT2D eigenvalue weighted by Gasteiger charge is 2.16. The lowest BCUT2D eigenvalue weighted by molar-refractivity contribution is -0.117. The Bertz CT molecular complexity index is 380. The van der Waals surface area contributed by atoms with E-state index >= 15 is 0 Å². The van der Waals surface area contributed by atoms with Crippen LogP contribution in [0.15, 0.2) is 18.3 Å². The summed E-state index contributed by atoms with van der Waals surface area (Å²) in [6.45, 7) is 4.05. The number of pyridine rings is 1. The van der Waals surface area contributed by atoms with E-state index in [0.29, 0.717) is 23.9 Å². The van der Waals surface area contributed by atoms with E-state index in [1.54, 1.807) is 18.3 Å². The van der Waals surface area contributed by atoms with Crippen molar-refractivity contribution in [2.24, 2.45) is 11.7 Å². The number of aromatic nitrogens is 1. The number of hydrogen-bond acceptors (Lipinski definition) is 4. The molecule has 94 valence electrons. The number of nitrogens with one attached hydrogen (secondary N) is 1. The first-order valence-electron chi connectivity index (χ1n) is 5.60. The van der Waals surface area contributed by atoms with Crippen molar-refractivity contribution in [3.05, 3.63) is 18.3 Å². The van der Waals surface area contributed by atoms with E-state index in [0.717, 1.165) is 0 Å². The lowest BCUT2D eigenvalue weighted by Crippen LogP contribution is -2.36. The Balaban J connectivity index is 2.67. The Morgan fingerprint density at radius 3 is 2.88 bits per heavy atom. The van der Waals surface area contributed by atoms with Crippen molar-refractivity contribution in [1.82, 2.24) is 4.98 Å². The van der Waals surface area contributed by atoms with E-state index in [2.05, 4.69) is 10.3 Å². The molecule has 0 saturated carbocycles. The summed E-state index contributed by atoms with van der Waals surface area (Å²) in [7, 11) is 1.51. The molecular formula is C12H19N3O2. The zero-order valence-electron chi connectivity index (χ0n) is 10.4. The molecule has 17 heavy (non-hydrogen) atoms. The van der Waals surface area contributed by atoms with Crippen LogP contribution in [0.2, 0.25) is 0 Å². The van der Waals surface area contributed by atoms with Gasteiger partial charge >= 0.3 is 0 Å². The van der Waals surface area contributed by atoms with Gasteiger partial charge in [0.2, 0.25) is 11.8 Å². The Kier molecular flexibility index (Phi) is 4.90. The first kappa shape index (κ1) is 13.4. The van der Waals surface area contributed by atoms with E-state index in [1.807, 2.05) is 13.8 Å². The molecule has 0 bridgehead atoms. The third-order valence-corrected chi connectivity index (χ3v) is 2.28. The van der Waals surface area contributed by atoms with Gasteiger partial charge in [-0.15, -0.1) is 0 Å². The Hall–Kier alpha value is -1.62. The molecule has 1 aromatic rings. The maximum atomic E-state index is 11.8. The monoisotopic (exact) mass is 237 g/mol. The van der Waals surface area contributed by atoms with Crippen molar-refractivity contribution in [1.29, 1.82) is 0 Å². The topological polar surface area (TPSA) is 77.2 Å². The molecule has 3 N–H and O–H groups in total. The van der Waals surface area contributed by atoms with Crippen LogP contribution in [-0.2, 0) is 4.79 Å². The van der Waals surface area contributed by atoms with Crippen LogP contribution in [0.1, 0.15) is 20.3 Å². The summed E-state index contributed by atoms with van der Waals surface area (Å²) in [5.74, 6) is 0.550. The SMILES string of the molecule is COc1ncccc1NC(=O)[C@H](N)CC(C)C. The quantitative estimate of drug-likeness (QED) is 0.811. The van der Waals surface area contributed by atoms with Crippen LogP contribution < -0.4 is 15.8 Å². The molecule has 1 amide bonds. The summed E-state index contributed by atoms with van der Waals surface area (Å²) in [5.41, 5.74) is 6.33. The van der Waals surface area contributed by atoms with Crippen LogP contribution >= 0.6 is 0 Å². The second kappa shape index (κ2) is 6.20. The molecule has 1 atom stereocenters. The fourth-order valence-corrected chi connectivity index (χ4v) is 1.49. The summed E-state index contributed by atoms with van der Waals surface area (Å²) in [6.07, 6.45) is 2.25. The van der Waals surface area contributed by atoms with Crippen LogP contribution in [0.4, 0.5) is 5.69 Å². The molecule has 0 saturated heterocycles. The minimum atomic E-state index is -0.514. The molecule has 5 heteroatoms. The number of carbonyl (C=O) groups is 1. The predicted octanol–water partition coefficient (Wildman–Crippen LogP) is 1.40. The second-order valence-electron chi connectivity index (χ2n) is 4.29. The van der Waals surface area contributed by atoms with Crippen LogP contribution in [0.5, 0.6) is 5.88 Å². The summed E-state index contributed by atoms with van der Waals surface area (Å²) in [5, 5.41) is 2.72. The van der Waals surface area contributed by atoms with Gasteiger partial charge < -0.3 is 15.8 Å². The molecule has 0 radical (unpaired) electrons. The molecule has 0 aromatic carbocycles. The van der Waals surface area contributed by atoms with Gasteiger partial charge in [0.05, 0.1) is 13.2 Å². The minimum Gasteiger partial charge on any atom is -0.480 e. The van der Waals surface area contributed by atoms with Gasteiger partial charge in [-0.05, 0) is 24.5 Å². The normalized spacial score (nSPS) is 12.3. The van der Waals surface area contributed by atoms with E-state index < -0.39 is 6.04 Å². The highest BCUT2D eigenvalue weighted by Crippen LogP contribution is 2.20. The van der Waals surface area contributed by atoms with Gasteiger partial charge in [-0.25, -0.2) is 4.98 Å². The summed E-state index contributed by atoms with van der Waals surface area (Å²) in [4.78, 5) is 15.8. The van der Waals surface area contributed by atoms with Gasteiger partial charge in [0.15, 0.2) is 0 Å². The third-order valence-electron chi connectivity index (χ3n) is 2.28. The van der Waals surface area contributed by atoms with Crippen LogP contribution in [0.3, 0.4) is 0 Å². The molecule has 0 aliphatic carbocycles. The van der Waals surface area contributed by atoms with Gasteiger partial charge in [0.1, 0.15) is 5.69 Å². The van der Waals surface area contributed by atoms with E-state index in [-0.39, 0.29) is 5.91 Å². The van der Waals surface area contributed by atoms with Gasteiger partial charge in [0.25, 0.3) is 0 Å². The molecule has 0 unspecified atom stereocenters. The Morgan fingerprint density at radius 2 is 2.29 bits per heavy atom. The molecule has 1 heterocycles. The summed E-state index contributed by atoms with van der Waals surface area (Å²) >= 11 is 0. The van der Waals surface area contributed by atoms with Crippen LogP contribution in [0.25, 0.3) is 0 Å². The van der Waals surface area contributed by atoms with Gasteiger partial charge in [0, 0.05) is 6.20 Å². The Morgan fingerprint density at radius 1 is 1.59 bits per heavy atom. The van der Waals surface area contributed by atoms with Crippen molar-refractivity contribution in [2.75, 3.05) is 12.4 Å². The molecule has 5 nitrogen and oxygen atoms in total. The largest absolute Gasteiger partial charge is 0.480 e.